The van der Waals surface area contributed by atoms with Gasteiger partial charge in [-0.25, -0.2) is 0 Å². The zero-order valence-corrected chi connectivity index (χ0v) is 16.3. The second-order valence-corrected chi connectivity index (χ2v) is 6.57. The van der Waals surface area contributed by atoms with Crippen LogP contribution in [-0.2, 0) is 4.79 Å². The maximum absolute atomic E-state index is 12.7. The van der Waals surface area contributed by atoms with E-state index in [1.165, 1.54) is 4.90 Å². The van der Waals surface area contributed by atoms with Crippen molar-refractivity contribution >= 4 is 40.9 Å². The lowest BCUT2D eigenvalue weighted by molar-refractivity contribution is -0.121. The number of halogens is 1. The van der Waals surface area contributed by atoms with E-state index in [4.69, 9.17) is 0 Å². The van der Waals surface area contributed by atoms with Gasteiger partial charge in [-0.15, -0.1) is 12.4 Å². The molecule has 0 bridgehead atoms. The molecule has 27 heavy (non-hydrogen) atoms. The van der Waals surface area contributed by atoms with Gasteiger partial charge in [0.2, 0.25) is 5.91 Å². The Balaban J connectivity index is 0.00000261. The zero-order chi connectivity index (χ0) is 18.7. The SMILES string of the molecule is CNC(C)CNC(=O)CCCN1C(=O)c2cccc3cccc(c23)C1=O.Cl. The Hall–Kier alpha value is -2.44. The van der Waals surface area contributed by atoms with Gasteiger partial charge in [0, 0.05) is 42.1 Å². The molecule has 0 aromatic heterocycles. The van der Waals surface area contributed by atoms with Crippen LogP contribution in [-0.4, -0.2) is 48.8 Å². The third-order valence-corrected chi connectivity index (χ3v) is 4.74. The highest BCUT2D eigenvalue weighted by atomic mass is 35.5. The number of hydrogen-bond acceptors (Lipinski definition) is 4. The van der Waals surface area contributed by atoms with Crippen molar-refractivity contribution in [3.8, 4) is 0 Å². The van der Waals surface area contributed by atoms with Crippen molar-refractivity contribution < 1.29 is 14.4 Å². The largest absolute Gasteiger partial charge is 0.355 e. The summed E-state index contributed by atoms with van der Waals surface area (Å²) in [4.78, 5) is 38.6. The number of nitrogens with zero attached hydrogens (tertiary/aromatic N) is 1. The average molecular weight is 390 g/mol. The second kappa shape index (κ2) is 8.97. The highest BCUT2D eigenvalue weighted by Crippen LogP contribution is 2.29. The fraction of sp³-hybridized carbons (Fsp3) is 0.350. The first-order chi connectivity index (χ1) is 12.5. The summed E-state index contributed by atoms with van der Waals surface area (Å²) in [7, 11) is 1.84. The summed E-state index contributed by atoms with van der Waals surface area (Å²) < 4.78 is 0. The predicted octanol–water partition coefficient (Wildman–Crippen LogP) is 2.36. The van der Waals surface area contributed by atoms with Gasteiger partial charge in [0.05, 0.1) is 0 Å². The van der Waals surface area contributed by atoms with Crippen molar-refractivity contribution in [3.05, 3.63) is 47.5 Å². The van der Waals surface area contributed by atoms with E-state index in [0.717, 1.165) is 10.8 Å². The number of amides is 3. The van der Waals surface area contributed by atoms with Crippen LogP contribution in [0.3, 0.4) is 0 Å². The molecule has 0 fully saturated rings. The summed E-state index contributed by atoms with van der Waals surface area (Å²) in [5.41, 5.74) is 1.09. The molecule has 1 atom stereocenters. The van der Waals surface area contributed by atoms with Gasteiger partial charge in [-0.1, -0.05) is 24.3 Å². The van der Waals surface area contributed by atoms with Crippen LogP contribution in [0.25, 0.3) is 10.8 Å². The topological polar surface area (TPSA) is 78.5 Å². The van der Waals surface area contributed by atoms with E-state index < -0.39 is 0 Å². The van der Waals surface area contributed by atoms with E-state index in [1.54, 1.807) is 12.1 Å². The van der Waals surface area contributed by atoms with Crippen LogP contribution < -0.4 is 10.6 Å². The third-order valence-electron chi connectivity index (χ3n) is 4.74. The van der Waals surface area contributed by atoms with Crippen molar-refractivity contribution in [2.24, 2.45) is 0 Å². The van der Waals surface area contributed by atoms with Crippen LogP contribution in [0.2, 0.25) is 0 Å². The molecule has 3 rings (SSSR count). The molecule has 2 aromatic carbocycles. The molecule has 2 N–H and O–H groups in total. The van der Waals surface area contributed by atoms with Crippen LogP contribution in [0.1, 0.15) is 40.5 Å². The fourth-order valence-electron chi connectivity index (χ4n) is 3.14. The van der Waals surface area contributed by atoms with Crippen molar-refractivity contribution in [1.29, 1.82) is 0 Å². The molecule has 2 aromatic rings. The standard InChI is InChI=1S/C20H23N3O3.ClH/c1-13(21-2)12-22-17(24)10-5-11-23-19(25)15-8-3-6-14-7-4-9-16(18(14)15)20(23)26;/h3-4,6-9,13,21H,5,10-12H2,1-2H3,(H,22,24);1H. The number of imide groups is 1. The molecule has 1 aliphatic rings. The summed E-state index contributed by atoms with van der Waals surface area (Å²) in [6.45, 7) is 2.76. The number of likely N-dealkylation sites (N-methyl/N-ethyl adjacent to an activating group) is 1. The van der Waals surface area contributed by atoms with E-state index in [1.807, 2.05) is 38.2 Å². The van der Waals surface area contributed by atoms with Gasteiger partial charge in [0.25, 0.3) is 11.8 Å². The molecule has 1 unspecified atom stereocenters. The quantitative estimate of drug-likeness (QED) is 0.712. The summed E-state index contributed by atoms with van der Waals surface area (Å²) in [5, 5.41) is 7.49. The molecule has 1 heterocycles. The first kappa shape index (κ1) is 20.9. The van der Waals surface area contributed by atoms with Crippen molar-refractivity contribution in [2.45, 2.75) is 25.8 Å². The van der Waals surface area contributed by atoms with Crippen LogP contribution in [0.5, 0.6) is 0 Å². The molecule has 0 spiro atoms. The van der Waals surface area contributed by atoms with E-state index in [2.05, 4.69) is 10.6 Å². The second-order valence-electron chi connectivity index (χ2n) is 6.57. The van der Waals surface area contributed by atoms with Crippen molar-refractivity contribution in [2.75, 3.05) is 20.1 Å². The minimum absolute atomic E-state index is 0. The summed E-state index contributed by atoms with van der Waals surface area (Å²) in [5.74, 6) is -0.654. The number of rotatable bonds is 7. The van der Waals surface area contributed by atoms with Crippen LogP contribution in [0.15, 0.2) is 36.4 Å². The maximum atomic E-state index is 12.7. The third kappa shape index (κ3) is 4.28. The summed E-state index contributed by atoms with van der Waals surface area (Å²) in [6, 6.07) is 11.1. The lowest BCUT2D eigenvalue weighted by Gasteiger charge is -2.27. The first-order valence-corrected chi connectivity index (χ1v) is 8.85. The Labute approximate surface area is 164 Å². The molecular formula is C20H24ClN3O3. The van der Waals surface area contributed by atoms with Gasteiger partial charge in [0.15, 0.2) is 0 Å². The molecule has 0 saturated carbocycles. The molecule has 6 nitrogen and oxygen atoms in total. The molecule has 7 heteroatoms. The molecule has 3 amide bonds. The first-order valence-electron chi connectivity index (χ1n) is 8.85. The molecule has 0 aliphatic carbocycles. The number of benzene rings is 2. The van der Waals surface area contributed by atoms with Crippen LogP contribution in [0.4, 0.5) is 0 Å². The number of nitrogens with one attached hydrogen (secondary N) is 2. The fourth-order valence-corrected chi connectivity index (χ4v) is 3.14. The minimum atomic E-state index is -0.288. The lowest BCUT2D eigenvalue weighted by atomic mass is 9.94. The Morgan fingerprint density at radius 2 is 1.67 bits per heavy atom. The van der Waals surface area contributed by atoms with E-state index in [-0.39, 0.29) is 49.1 Å². The van der Waals surface area contributed by atoms with Gasteiger partial charge in [0.1, 0.15) is 0 Å². The molecule has 0 saturated heterocycles. The predicted molar refractivity (Wildman–Crippen MR) is 107 cm³/mol. The lowest BCUT2D eigenvalue weighted by Crippen LogP contribution is -2.41. The Bertz CT molecular complexity index is 818. The Morgan fingerprint density at radius 3 is 2.22 bits per heavy atom. The van der Waals surface area contributed by atoms with E-state index >= 15 is 0 Å². The number of carbonyl (C=O) groups is 3. The van der Waals surface area contributed by atoms with Gasteiger partial charge < -0.3 is 10.6 Å². The monoisotopic (exact) mass is 389 g/mol. The van der Waals surface area contributed by atoms with E-state index in [0.29, 0.717) is 24.1 Å². The normalized spacial score (nSPS) is 14.1. The van der Waals surface area contributed by atoms with Crippen molar-refractivity contribution in [1.82, 2.24) is 15.5 Å². The Kier molecular flexibility index (Phi) is 6.93. The van der Waals surface area contributed by atoms with Crippen LogP contribution in [0, 0.1) is 0 Å². The number of carbonyl (C=O) groups excluding carboxylic acids is 3. The zero-order valence-electron chi connectivity index (χ0n) is 15.5. The van der Waals surface area contributed by atoms with Gasteiger partial charge >= 0.3 is 0 Å². The molecular weight excluding hydrogens is 366 g/mol. The molecule has 144 valence electrons. The highest BCUT2D eigenvalue weighted by molar-refractivity contribution is 6.25. The summed E-state index contributed by atoms with van der Waals surface area (Å²) in [6.07, 6.45) is 0.717. The number of hydrogen-bond donors (Lipinski definition) is 2. The van der Waals surface area contributed by atoms with Gasteiger partial charge in [-0.05, 0) is 37.9 Å². The van der Waals surface area contributed by atoms with Gasteiger partial charge in [-0.2, -0.15) is 0 Å². The highest BCUT2D eigenvalue weighted by Gasteiger charge is 2.32. The smallest absolute Gasteiger partial charge is 0.261 e. The minimum Gasteiger partial charge on any atom is -0.355 e. The van der Waals surface area contributed by atoms with Crippen molar-refractivity contribution in [3.63, 3.8) is 0 Å². The molecule has 0 radical (unpaired) electrons. The van der Waals surface area contributed by atoms with Gasteiger partial charge in [-0.3, -0.25) is 19.3 Å². The maximum Gasteiger partial charge on any atom is 0.261 e. The van der Waals surface area contributed by atoms with Crippen LogP contribution >= 0.6 is 12.4 Å². The molecule has 1 aliphatic heterocycles. The summed E-state index contributed by atoms with van der Waals surface area (Å²) >= 11 is 0. The Morgan fingerprint density at radius 1 is 1.07 bits per heavy atom. The average Bonchev–Trinajstić information content (AvgIpc) is 2.66. The van der Waals surface area contributed by atoms with E-state index in [9.17, 15) is 14.4 Å².